The van der Waals surface area contributed by atoms with Gasteiger partial charge in [-0.25, -0.2) is 23.5 Å². The summed E-state index contributed by atoms with van der Waals surface area (Å²) < 4.78 is 36.2. The number of alkyl halides is 2. The highest BCUT2D eigenvalue weighted by atomic mass is 35.5. The summed E-state index contributed by atoms with van der Waals surface area (Å²) >= 11 is 6.20. The molecule has 0 aliphatic carbocycles. The molecule has 0 saturated carbocycles. The molecule has 9 nitrogen and oxygen atoms in total. The van der Waals surface area contributed by atoms with Crippen LogP contribution >= 0.6 is 11.6 Å². The molecule has 33 heavy (non-hydrogen) atoms. The van der Waals surface area contributed by atoms with Gasteiger partial charge in [0.15, 0.2) is 0 Å². The molecule has 1 saturated heterocycles. The van der Waals surface area contributed by atoms with Gasteiger partial charge in [-0.05, 0) is 23.8 Å². The van der Waals surface area contributed by atoms with Crippen molar-refractivity contribution >= 4 is 23.4 Å². The summed E-state index contributed by atoms with van der Waals surface area (Å²) in [5.74, 6) is -3.18. The van der Waals surface area contributed by atoms with Crippen molar-refractivity contribution < 1.29 is 13.5 Å². The first-order valence-electron chi connectivity index (χ1n) is 10.2. The molecule has 12 heteroatoms. The molecular formula is C21H20ClF2N7O2. The summed E-state index contributed by atoms with van der Waals surface area (Å²) in [6.07, 6.45) is -0.360. The highest BCUT2D eigenvalue weighted by Crippen LogP contribution is 2.44. The Labute approximate surface area is 192 Å². The van der Waals surface area contributed by atoms with Crippen LogP contribution in [0, 0.1) is 0 Å². The quantitative estimate of drug-likeness (QED) is 0.589. The zero-order chi connectivity index (χ0) is 23.3. The van der Waals surface area contributed by atoms with Crippen LogP contribution < -0.4 is 17.2 Å². The van der Waals surface area contributed by atoms with E-state index in [0.29, 0.717) is 17.3 Å². The molecule has 0 bridgehead atoms. The van der Waals surface area contributed by atoms with E-state index in [-0.39, 0.29) is 24.4 Å². The second-order valence-electron chi connectivity index (χ2n) is 8.14. The zero-order valence-corrected chi connectivity index (χ0v) is 18.0. The third-order valence-electron chi connectivity index (χ3n) is 5.82. The van der Waals surface area contributed by atoms with Gasteiger partial charge in [0, 0.05) is 42.5 Å². The molecule has 3 aromatic rings. The molecule has 3 atom stereocenters. The Balaban J connectivity index is 1.44. The van der Waals surface area contributed by atoms with E-state index in [4.69, 9.17) is 27.8 Å². The topological polar surface area (TPSA) is 125 Å². The van der Waals surface area contributed by atoms with Gasteiger partial charge in [-0.2, -0.15) is 4.98 Å². The van der Waals surface area contributed by atoms with Gasteiger partial charge in [0.1, 0.15) is 5.82 Å². The van der Waals surface area contributed by atoms with Crippen LogP contribution in [0.5, 0.6) is 0 Å². The second-order valence-corrected chi connectivity index (χ2v) is 8.57. The number of benzene rings is 1. The first kappa shape index (κ1) is 21.7. The number of nitrogens with zero attached hydrogens (tertiary/aromatic N) is 5. The van der Waals surface area contributed by atoms with Crippen LogP contribution in [0.25, 0.3) is 0 Å². The van der Waals surface area contributed by atoms with Crippen molar-refractivity contribution in [3.8, 4) is 0 Å². The van der Waals surface area contributed by atoms with E-state index >= 15 is 0 Å². The third-order valence-corrected chi connectivity index (χ3v) is 6.06. The lowest BCUT2D eigenvalue weighted by molar-refractivity contribution is -0.119. The number of hydrogen-bond donors (Lipinski definition) is 2. The molecule has 0 spiro atoms. The molecule has 1 fully saturated rings. The fourth-order valence-electron chi connectivity index (χ4n) is 4.49. The van der Waals surface area contributed by atoms with Gasteiger partial charge in [0.05, 0.1) is 17.8 Å². The van der Waals surface area contributed by atoms with E-state index < -0.39 is 30.4 Å². The van der Waals surface area contributed by atoms with Crippen molar-refractivity contribution in [3.05, 3.63) is 75.1 Å². The average Bonchev–Trinajstić information content (AvgIpc) is 3.23. The lowest BCUT2D eigenvalue weighted by atomic mass is 10.0. The van der Waals surface area contributed by atoms with Crippen molar-refractivity contribution in [2.24, 2.45) is 0 Å². The minimum absolute atomic E-state index is 0.0475. The van der Waals surface area contributed by atoms with Gasteiger partial charge in [0.25, 0.3) is 5.92 Å². The van der Waals surface area contributed by atoms with Crippen LogP contribution in [0.4, 0.5) is 20.5 Å². The van der Waals surface area contributed by atoms with Crippen LogP contribution in [0.3, 0.4) is 0 Å². The van der Waals surface area contributed by atoms with Crippen LogP contribution in [0.2, 0.25) is 5.02 Å². The number of rotatable bonds is 4. The van der Waals surface area contributed by atoms with Gasteiger partial charge in [0.2, 0.25) is 12.2 Å². The fraction of sp³-hybridized carbons (Fsp3) is 0.333. The van der Waals surface area contributed by atoms with Gasteiger partial charge in [-0.3, -0.25) is 9.47 Å². The van der Waals surface area contributed by atoms with E-state index in [0.717, 1.165) is 15.7 Å². The maximum atomic E-state index is 14.9. The maximum absolute atomic E-state index is 14.9. The minimum Gasteiger partial charge on any atom is -0.383 e. The Hall–Kier alpha value is -3.15. The molecule has 1 unspecified atom stereocenters. The normalized spacial score (nSPS) is 24.2. The molecule has 5 rings (SSSR count). The first-order chi connectivity index (χ1) is 15.7. The highest BCUT2D eigenvalue weighted by molar-refractivity contribution is 6.30. The van der Waals surface area contributed by atoms with E-state index in [2.05, 4.69) is 15.0 Å². The Kier molecular flexibility index (Phi) is 5.26. The van der Waals surface area contributed by atoms with Crippen LogP contribution in [0.1, 0.15) is 35.5 Å². The van der Waals surface area contributed by atoms with Crippen molar-refractivity contribution in [2.75, 3.05) is 18.0 Å². The van der Waals surface area contributed by atoms with Gasteiger partial charge in [-0.1, -0.05) is 23.7 Å². The minimum atomic E-state index is -3.27. The summed E-state index contributed by atoms with van der Waals surface area (Å²) in [5.41, 5.74) is 12.8. The Bertz CT molecular complexity index is 1270. The number of nitrogens with two attached hydrogens (primary N) is 2. The second kappa shape index (κ2) is 8.01. The van der Waals surface area contributed by atoms with Crippen LogP contribution in [0.15, 0.2) is 47.5 Å². The molecule has 4 N–H and O–H groups in total. The number of anilines is 2. The number of ether oxygens (including phenoxy) is 1. The lowest BCUT2D eigenvalue weighted by Gasteiger charge is -2.27. The molecule has 2 aliphatic rings. The summed E-state index contributed by atoms with van der Waals surface area (Å²) in [6, 6.07) is 8.27. The summed E-state index contributed by atoms with van der Waals surface area (Å²) in [6.45, 7) is 0.537. The Morgan fingerprint density at radius 2 is 2.06 bits per heavy atom. The molecular weight excluding hydrogens is 456 g/mol. The third kappa shape index (κ3) is 4.03. The van der Waals surface area contributed by atoms with Gasteiger partial charge < -0.3 is 16.2 Å². The number of hydrogen-bond acceptors (Lipinski definition) is 8. The summed E-state index contributed by atoms with van der Waals surface area (Å²) in [7, 11) is 0. The van der Waals surface area contributed by atoms with E-state index in [9.17, 15) is 13.6 Å². The monoisotopic (exact) mass is 475 g/mol. The standard InChI is InChI=1S/C21H20ClF2N7O2/c22-12-3-1-2-11(6-12)17-14-8-27-19(26)28-15(14)10-30(17)9-13-7-21(23,24)18(33-13)31-5-4-16(25)29-20(31)32/h1-6,8,13,17-18H,7,9-10H2,(H2,25,29,32)(H2,26,27,28)/t13-,17?,18+/m0/s1. The van der Waals surface area contributed by atoms with Crippen molar-refractivity contribution in [1.82, 2.24) is 24.4 Å². The number of halogens is 3. The van der Waals surface area contributed by atoms with Crippen LogP contribution in [-0.2, 0) is 11.3 Å². The zero-order valence-electron chi connectivity index (χ0n) is 17.2. The lowest BCUT2D eigenvalue weighted by Crippen LogP contribution is -2.35. The molecule has 172 valence electrons. The van der Waals surface area contributed by atoms with Crippen molar-refractivity contribution in [1.29, 1.82) is 0 Å². The van der Waals surface area contributed by atoms with Gasteiger partial charge >= 0.3 is 5.69 Å². The van der Waals surface area contributed by atoms with Gasteiger partial charge in [-0.15, -0.1) is 0 Å². The van der Waals surface area contributed by atoms with Crippen molar-refractivity contribution in [3.63, 3.8) is 0 Å². The summed E-state index contributed by atoms with van der Waals surface area (Å²) in [4.78, 5) is 26.1. The smallest absolute Gasteiger partial charge is 0.351 e. The van der Waals surface area contributed by atoms with E-state index in [1.807, 2.05) is 23.1 Å². The largest absolute Gasteiger partial charge is 0.383 e. The molecule has 4 heterocycles. The predicted octanol–water partition coefficient (Wildman–Crippen LogP) is 2.38. The first-order valence-corrected chi connectivity index (χ1v) is 10.6. The van der Waals surface area contributed by atoms with Crippen molar-refractivity contribution in [2.45, 2.75) is 37.3 Å². The SMILES string of the molecule is Nc1ccn([C@@H]2O[C@H](CN3Cc4nc(N)ncc4C3c3cccc(Cl)c3)CC2(F)F)c(=O)n1. The molecule has 1 aromatic carbocycles. The summed E-state index contributed by atoms with van der Waals surface area (Å²) in [5, 5.41) is 0.552. The molecule has 2 aliphatic heterocycles. The number of nitrogen functional groups attached to an aromatic ring is 2. The fourth-order valence-corrected chi connectivity index (χ4v) is 4.69. The van der Waals surface area contributed by atoms with E-state index in [1.54, 1.807) is 12.3 Å². The predicted molar refractivity (Wildman–Crippen MR) is 117 cm³/mol. The Morgan fingerprint density at radius 3 is 2.82 bits per heavy atom. The number of fused-ring (bicyclic) bond motifs is 1. The molecule has 2 aromatic heterocycles. The Morgan fingerprint density at radius 1 is 1.24 bits per heavy atom. The number of aromatic nitrogens is 4. The molecule has 0 amide bonds. The molecule has 0 radical (unpaired) electrons. The van der Waals surface area contributed by atoms with E-state index in [1.165, 1.54) is 12.3 Å². The maximum Gasteiger partial charge on any atom is 0.351 e. The average molecular weight is 476 g/mol. The highest BCUT2D eigenvalue weighted by Gasteiger charge is 2.52. The van der Waals surface area contributed by atoms with Crippen LogP contribution in [-0.4, -0.2) is 43.0 Å².